The van der Waals surface area contributed by atoms with Gasteiger partial charge in [-0.1, -0.05) is 63.9 Å². The van der Waals surface area contributed by atoms with E-state index < -0.39 is 25.0 Å². The van der Waals surface area contributed by atoms with Crippen LogP contribution in [0.2, 0.25) is 0 Å². The van der Waals surface area contributed by atoms with Crippen LogP contribution in [0.3, 0.4) is 0 Å². The maximum absolute atomic E-state index is 12.9. The van der Waals surface area contributed by atoms with Gasteiger partial charge in [0, 0.05) is 15.3 Å². The van der Waals surface area contributed by atoms with Gasteiger partial charge in [0.25, 0.3) is 5.91 Å². The van der Waals surface area contributed by atoms with Crippen LogP contribution in [0.15, 0.2) is 18.2 Å². The molecule has 2 aliphatic carbocycles. The smallest absolute Gasteiger partial charge is 0.326 e. The number of ether oxygens (including phenoxy) is 1. The van der Waals surface area contributed by atoms with Crippen molar-refractivity contribution < 1.29 is 23.9 Å². The highest BCUT2D eigenvalue weighted by Crippen LogP contribution is 2.60. The molecule has 1 N–H and O–H groups in total. The number of carbonyl (C=O) groups excluding carboxylic acids is 4. The summed E-state index contributed by atoms with van der Waals surface area (Å²) < 4.78 is 5.10. The van der Waals surface area contributed by atoms with Crippen molar-refractivity contribution in [2.75, 3.05) is 18.5 Å². The fraction of sp³-hybridized carbons (Fsp3) is 0.565. The molecular weight excluding hydrogens is 544 g/mol. The lowest BCUT2D eigenvalue weighted by Crippen LogP contribution is -2.38. The molecule has 1 aromatic rings. The van der Waals surface area contributed by atoms with Crippen LogP contribution in [-0.4, -0.2) is 51.4 Å². The van der Waals surface area contributed by atoms with Crippen LogP contribution in [0, 0.1) is 23.7 Å². The molecule has 6 atom stereocenters. The van der Waals surface area contributed by atoms with E-state index in [-0.39, 0.29) is 45.1 Å². The lowest BCUT2D eigenvalue weighted by atomic mass is 9.81. The Morgan fingerprint density at radius 1 is 1.03 bits per heavy atom. The Bertz CT molecular complexity index is 913. The first-order valence-corrected chi connectivity index (χ1v) is 12.8. The molecule has 0 radical (unpaired) electrons. The zero-order valence-corrected chi connectivity index (χ0v) is 21.1. The Morgan fingerprint density at radius 2 is 1.56 bits per heavy atom. The van der Waals surface area contributed by atoms with Crippen molar-refractivity contribution in [2.24, 2.45) is 23.7 Å². The van der Waals surface area contributed by atoms with Crippen LogP contribution < -0.4 is 5.32 Å². The summed E-state index contributed by atoms with van der Waals surface area (Å²) >= 11 is 7.28. The van der Waals surface area contributed by atoms with Crippen molar-refractivity contribution in [3.63, 3.8) is 0 Å². The van der Waals surface area contributed by atoms with Gasteiger partial charge in [0.15, 0.2) is 6.61 Å². The third-order valence-corrected chi connectivity index (χ3v) is 10.2. The van der Waals surface area contributed by atoms with Gasteiger partial charge in [-0.25, -0.2) is 0 Å². The second-order valence-electron chi connectivity index (χ2n) is 8.63. The quantitative estimate of drug-likeness (QED) is 0.309. The van der Waals surface area contributed by atoms with Crippen molar-refractivity contribution in [2.45, 2.75) is 42.8 Å². The van der Waals surface area contributed by atoms with Gasteiger partial charge >= 0.3 is 5.97 Å². The van der Waals surface area contributed by atoms with Gasteiger partial charge in [-0.05, 0) is 42.2 Å². The molecule has 32 heavy (non-hydrogen) atoms. The molecular formula is C23H26Br2N2O5. The van der Waals surface area contributed by atoms with E-state index in [4.69, 9.17) is 4.74 Å². The number of likely N-dealkylation sites (tertiary alicyclic amines) is 1. The predicted octanol–water partition coefficient (Wildman–Crippen LogP) is 3.07. The van der Waals surface area contributed by atoms with Gasteiger partial charge < -0.3 is 10.1 Å². The molecule has 3 fully saturated rings. The Morgan fingerprint density at radius 3 is 2.06 bits per heavy atom. The Hall–Kier alpha value is -1.74. The van der Waals surface area contributed by atoms with E-state index in [1.807, 2.05) is 32.0 Å². The maximum atomic E-state index is 12.9. The molecule has 1 aliphatic heterocycles. The predicted molar refractivity (Wildman–Crippen MR) is 126 cm³/mol. The molecule has 1 saturated heterocycles. The molecule has 4 rings (SSSR count). The number of nitrogens with one attached hydrogen (secondary N) is 1. The molecule has 0 spiro atoms. The van der Waals surface area contributed by atoms with E-state index in [1.54, 1.807) is 0 Å². The minimum absolute atomic E-state index is 0.0871. The topological polar surface area (TPSA) is 92.8 Å². The lowest BCUT2D eigenvalue weighted by molar-refractivity contribution is -0.154. The molecule has 1 heterocycles. The highest BCUT2D eigenvalue weighted by atomic mass is 79.9. The van der Waals surface area contributed by atoms with Gasteiger partial charge in [0.1, 0.15) is 6.54 Å². The van der Waals surface area contributed by atoms with E-state index in [0.717, 1.165) is 41.0 Å². The molecule has 2 bridgehead atoms. The number of halogens is 2. The van der Waals surface area contributed by atoms with Crippen LogP contribution in [0.1, 0.15) is 31.4 Å². The summed E-state index contributed by atoms with van der Waals surface area (Å²) in [5.41, 5.74) is 2.77. The van der Waals surface area contributed by atoms with Gasteiger partial charge in [-0.2, -0.15) is 0 Å². The van der Waals surface area contributed by atoms with Gasteiger partial charge in [-0.15, -0.1) is 0 Å². The molecule has 172 valence electrons. The number of hydrogen-bond acceptors (Lipinski definition) is 5. The number of alkyl halides is 2. The summed E-state index contributed by atoms with van der Waals surface area (Å²) in [6.07, 6.45) is 2.35. The lowest BCUT2D eigenvalue weighted by Gasteiger charge is -2.28. The van der Waals surface area contributed by atoms with E-state index >= 15 is 0 Å². The zero-order chi connectivity index (χ0) is 23.2. The van der Waals surface area contributed by atoms with Crippen molar-refractivity contribution >= 4 is 61.2 Å². The highest BCUT2D eigenvalue weighted by Gasteiger charge is 2.66. The number of carbonyl (C=O) groups is 4. The number of hydrogen-bond donors (Lipinski definition) is 1. The number of aryl methyl sites for hydroxylation is 2. The summed E-state index contributed by atoms with van der Waals surface area (Å²) in [5.74, 6) is -2.40. The average molecular weight is 570 g/mol. The highest BCUT2D eigenvalue weighted by molar-refractivity contribution is 9.12. The van der Waals surface area contributed by atoms with Crippen LogP contribution >= 0.6 is 31.9 Å². The van der Waals surface area contributed by atoms with Crippen LogP contribution in [0.4, 0.5) is 5.69 Å². The number of fused-ring (bicyclic) bond motifs is 5. The molecule has 3 amide bonds. The Balaban J connectivity index is 1.34. The first-order chi connectivity index (χ1) is 15.3. The molecule has 0 unspecified atom stereocenters. The van der Waals surface area contributed by atoms with Gasteiger partial charge in [-0.3, -0.25) is 24.1 Å². The molecule has 2 saturated carbocycles. The monoisotopic (exact) mass is 568 g/mol. The number of amides is 3. The van der Waals surface area contributed by atoms with Crippen molar-refractivity contribution in [3.05, 3.63) is 29.3 Å². The van der Waals surface area contributed by atoms with E-state index in [0.29, 0.717) is 0 Å². The summed E-state index contributed by atoms with van der Waals surface area (Å²) in [6.45, 7) is 3.09. The summed E-state index contributed by atoms with van der Waals surface area (Å²) in [7, 11) is 0. The molecule has 1 aromatic carbocycles. The summed E-state index contributed by atoms with van der Waals surface area (Å²) in [4.78, 5) is 51.8. The number of para-hydroxylation sites is 1. The van der Waals surface area contributed by atoms with Crippen molar-refractivity contribution in [1.82, 2.24) is 4.90 Å². The van der Waals surface area contributed by atoms with Crippen LogP contribution in [-0.2, 0) is 36.8 Å². The fourth-order valence-corrected chi connectivity index (χ4v) is 7.34. The SMILES string of the molecule is CCc1cccc(CC)c1NC(=O)COC(=O)CN1C(=O)[C@@H]2[C@H]3C[C@@H]([C@H](Br)[C@@H]3Br)[C@@H]2C1=O. The number of esters is 1. The fourth-order valence-electron chi connectivity index (χ4n) is 5.47. The van der Waals surface area contributed by atoms with Crippen molar-refractivity contribution in [3.8, 4) is 0 Å². The first kappa shape index (κ1) is 23.4. The average Bonchev–Trinajstić information content (AvgIpc) is 3.39. The zero-order valence-electron chi connectivity index (χ0n) is 18.0. The molecule has 3 aliphatic rings. The minimum atomic E-state index is -0.764. The molecule has 9 heteroatoms. The van der Waals surface area contributed by atoms with Gasteiger partial charge in [0.05, 0.1) is 11.8 Å². The van der Waals surface area contributed by atoms with E-state index in [9.17, 15) is 19.2 Å². The first-order valence-electron chi connectivity index (χ1n) is 11.0. The number of nitrogens with zero attached hydrogens (tertiary/aromatic N) is 1. The maximum Gasteiger partial charge on any atom is 0.326 e. The summed E-state index contributed by atoms with van der Waals surface area (Å²) in [6, 6.07) is 5.85. The number of rotatable bonds is 7. The second-order valence-corrected chi connectivity index (χ2v) is 10.7. The van der Waals surface area contributed by atoms with Crippen LogP contribution in [0.25, 0.3) is 0 Å². The number of anilines is 1. The molecule has 0 aromatic heterocycles. The summed E-state index contributed by atoms with van der Waals surface area (Å²) in [5, 5.41) is 2.84. The second kappa shape index (κ2) is 9.25. The third kappa shape index (κ3) is 3.91. The van der Waals surface area contributed by atoms with E-state index in [1.165, 1.54) is 0 Å². The van der Waals surface area contributed by atoms with Gasteiger partial charge in [0.2, 0.25) is 11.8 Å². The van der Waals surface area contributed by atoms with Crippen molar-refractivity contribution in [1.29, 1.82) is 0 Å². The molecule has 7 nitrogen and oxygen atoms in total. The third-order valence-electron chi connectivity index (χ3n) is 6.99. The largest absolute Gasteiger partial charge is 0.454 e. The number of imide groups is 1. The Kier molecular flexibility index (Phi) is 6.77. The standard InChI is InChI=1S/C23H26Br2N2O5/c1-3-11-6-5-7-12(4-2)21(11)26-15(28)10-32-16(29)9-27-22(30)17-13-8-14(18(17)23(27)31)20(25)19(13)24/h5-7,13-14,17-20H,3-4,8-10H2,1-2H3,(H,26,28)/t13-,14-,17-,18+,19-,20+/m1/s1. The van der Waals surface area contributed by atoms with E-state index in [2.05, 4.69) is 37.2 Å². The Labute approximate surface area is 203 Å². The number of benzene rings is 1. The van der Waals surface area contributed by atoms with Crippen LogP contribution in [0.5, 0.6) is 0 Å². The minimum Gasteiger partial charge on any atom is -0.454 e. The normalized spacial score (nSPS) is 30.6.